The average Bonchev–Trinajstić information content (AvgIpc) is 3.42. The van der Waals surface area contributed by atoms with E-state index >= 15 is 0 Å². The molecule has 0 unspecified atom stereocenters. The Bertz CT molecular complexity index is 1220. The molecule has 1 saturated heterocycles. The molecule has 6 heteroatoms. The van der Waals surface area contributed by atoms with Gasteiger partial charge in [-0.2, -0.15) is 0 Å². The van der Waals surface area contributed by atoms with Gasteiger partial charge in [-0.15, -0.1) is 11.3 Å². The average molecular weight is 431 g/mol. The minimum atomic E-state index is 0.0907. The zero-order chi connectivity index (χ0) is 21.4. The van der Waals surface area contributed by atoms with Crippen molar-refractivity contribution in [2.45, 2.75) is 20.4 Å². The molecule has 1 N–H and O–H groups in total. The van der Waals surface area contributed by atoms with Crippen molar-refractivity contribution in [2.75, 3.05) is 26.2 Å². The maximum atomic E-state index is 13.1. The number of nitrogens with zero attached hydrogens (tertiary/aromatic N) is 3. The lowest BCUT2D eigenvalue weighted by Crippen LogP contribution is -2.48. The summed E-state index contributed by atoms with van der Waals surface area (Å²) >= 11 is 1.69. The number of hydrogen-bond donors (Lipinski definition) is 1. The monoisotopic (exact) mass is 430 g/mol. The van der Waals surface area contributed by atoms with Crippen LogP contribution in [0.1, 0.15) is 27.3 Å². The number of amides is 1. The Morgan fingerprint density at radius 3 is 2.61 bits per heavy atom. The fraction of sp³-hybridized carbons (Fsp3) is 0.280. The van der Waals surface area contributed by atoms with Gasteiger partial charge in [0.25, 0.3) is 5.91 Å². The van der Waals surface area contributed by atoms with Crippen LogP contribution in [0.5, 0.6) is 0 Å². The molecule has 158 valence electrons. The molecule has 1 amide bonds. The van der Waals surface area contributed by atoms with Crippen molar-refractivity contribution >= 4 is 28.1 Å². The summed E-state index contributed by atoms with van der Waals surface area (Å²) in [5.74, 6) is 0.0907. The molecule has 2 aromatic carbocycles. The molecule has 2 aromatic heterocycles. The van der Waals surface area contributed by atoms with Gasteiger partial charge >= 0.3 is 0 Å². The number of H-pyrrole nitrogens is 1. The number of carbonyl (C=O) groups excluding carboxylic acids is 1. The summed E-state index contributed by atoms with van der Waals surface area (Å²) in [6.07, 6.45) is 0. The predicted octanol–water partition coefficient (Wildman–Crippen LogP) is 4.87. The van der Waals surface area contributed by atoms with Crippen LogP contribution >= 0.6 is 11.3 Å². The van der Waals surface area contributed by atoms with E-state index in [1.54, 1.807) is 11.3 Å². The molecule has 0 radical (unpaired) electrons. The van der Waals surface area contributed by atoms with Crippen LogP contribution in [0.25, 0.3) is 21.5 Å². The lowest BCUT2D eigenvalue weighted by molar-refractivity contribution is 0.0622. The lowest BCUT2D eigenvalue weighted by Gasteiger charge is -2.34. The number of rotatable bonds is 4. The van der Waals surface area contributed by atoms with Crippen molar-refractivity contribution in [3.63, 3.8) is 0 Å². The molecule has 0 bridgehead atoms. The molecule has 0 spiro atoms. The van der Waals surface area contributed by atoms with Gasteiger partial charge in [-0.1, -0.05) is 36.4 Å². The van der Waals surface area contributed by atoms with Gasteiger partial charge in [0.15, 0.2) is 0 Å². The van der Waals surface area contributed by atoms with E-state index in [1.165, 1.54) is 11.1 Å². The van der Waals surface area contributed by atoms with Gasteiger partial charge in [-0.05, 0) is 37.1 Å². The number of carbonyl (C=O) groups is 1. The fourth-order valence-electron chi connectivity index (χ4n) is 4.32. The van der Waals surface area contributed by atoms with Gasteiger partial charge in [0.2, 0.25) is 0 Å². The Morgan fingerprint density at radius 2 is 1.84 bits per heavy atom. The van der Waals surface area contributed by atoms with Crippen LogP contribution in [0.3, 0.4) is 0 Å². The smallest absolute Gasteiger partial charge is 0.270 e. The van der Waals surface area contributed by atoms with E-state index in [1.807, 2.05) is 29.2 Å². The third-order valence-electron chi connectivity index (χ3n) is 5.94. The highest BCUT2D eigenvalue weighted by Crippen LogP contribution is 2.25. The molecule has 5 rings (SSSR count). The Hall–Kier alpha value is -2.96. The molecule has 0 aliphatic carbocycles. The van der Waals surface area contributed by atoms with E-state index in [0.717, 1.165) is 59.9 Å². The first-order chi connectivity index (χ1) is 15.1. The summed E-state index contributed by atoms with van der Waals surface area (Å²) < 4.78 is 0. The van der Waals surface area contributed by atoms with E-state index in [9.17, 15) is 4.79 Å². The summed E-state index contributed by atoms with van der Waals surface area (Å²) in [5, 5.41) is 4.34. The van der Waals surface area contributed by atoms with Gasteiger partial charge in [0, 0.05) is 54.6 Å². The topological polar surface area (TPSA) is 52.2 Å². The molecule has 1 aliphatic heterocycles. The van der Waals surface area contributed by atoms with E-state index in [2.05, 4.69) is 53.4 Å². The number of aryl methyl sites for hydroxylation is 2. The maximum Gasteiger partial charge on any atom is 0.270 e. The summed E-state index contributed by atoms with van der Waals surface area (Å²) in [5.41, 5.74) is 6.40. The van der Waals surface area contributed by atoms with Gasteiger partial charge in [-0.3, -0.25) is 9.69 Å². The van der Waals surface area contributed by atoms with Crippen molar-refractivity contribution in [3.8, 4) is 10.6 Å². The second kappa shape index (κ2) is 8.29. The molecule has 0 saturated carbocycles. The Kier molecular flexibility index (Phi) is 5.34. The minimum absolute atomic E-state index is 0.0907. The molecular formula is C25H26N4OS. The van der Waals surface area contributed by atoms with Crippen LogP contribution in [-0.2, 0) is 6.54 Å². The predicted molar refractivity (Wildman–Crippen MR) is 127 cm³/mol. The second-order valence-electron chi connectivity index (χ2n) is 8.30. The van der Waals surface area contributed by atoms with Gasteiger partial charge in [0.05, 0.1) is 5.69 Å². The zero-order valence-corrected chi connectivity index (χ0v) is 18.7. The summed E-state index contributed by atoms with van der Waals surface area (Å²) in [6, 6.07) is 16.6. The second-order valence-corrected chi connectivity index (χ2v) is 9.16. The Balaban J connectivity index is 1.21. The standard InChI is InChI=1S/C25H26N4OS/c1-17-12-18(2)21-14-23(27-22(21)13-17)25(30)29-10-8-28(9-11-29)15-20-16-31-24(26-20)19-6-4-3-5-7-19/h3-7,12-14,16,27H,8-11,15H2,1-2H3. The van der Waals surface area contributed by atoms with E-state index in [-0.39, 0.29) is 5.91 Å². The molecule has 1 fully saturated rings. The number of fused-ring (bicyclic) bond motifs is 1. The van der Waals surface area contributed by atoms with Crippen LogP contribution in [0, 0.1) is 13.8 Å². The van der Waals surface area contributed by atoms with Crippen molar-refractivity contribution in [1.82, 2.24) is 19.8 Å². The molecule has 4 aromatic rings. The highest BCUT2D eigenvalue weighted by Gasteiger charge is 2.24. The van der Waals surface area contributed by atoms with Crippen LogP contribution in [0.15, 0.2) is 53.9 Å². The van der Waals surface area contributed by atoms with Crippen molar-refractivity contribution < 1.29 is 4.79 Å². The number of piperazine rings is 1. The minimum Gasteiger partial charge on any atom is -0.351 e. The van der Waals surface area contributed by atoms with E-state index < -0.39 is 0 Å². The SMILES string of the molecule is Cc1cc(C)c2cc(C(=O)N3CCN(Cc4csc(-c5ccccc5)n4)CC3)[nH]c2c1. The van der Waals surface area contributed by atoms with Crippen molar-refractivity contribution in [1.29, 1.82) is 0 Å². The van der Waals surface area contributed by atoms with Crippen LogP contribution in [-0.4, -0.2) is 51.9 Å². The van der Waals surface area contributed by atoms with E-state index in [0.29, 0.717) is 5.69 Å². The molecule has 3 heterocycles. The molecule has 5 nitrogen and oxygen atoms in total. The summed E-state index contributed by atoms with van der Waals surface area (Å²) in [4.78, 5) is 25.5. The Labute approximate surface area is 186 Å². The fourth-order valence-corrected chi connectivity index (χ4v) is 5.13. The molecule has 31 heavy (non-hydrogen) atoms. The van der Waals surface area contributed by atoms with Gasteiger partial charge in [-0.25, -0.2) is 4.98 Å². The lowest BCUT2D eigenvalue weighted by atomic mass is 10.1. The van der Waals surface area contributed by atoms with Gasteiger partial charge in [0.1, 0.15) is 10.7 Å². The number of aromatic nitrogens is 2. The number of thiazole rings is 1. The van der Waals surface area contributed by atoms with Crippen LogP contribution < -0.4 is 0 Å². The van der Waals surface area contributed by atoms with Crippen LogP contribution in [0.4, 0.5) is 0 Å². The van der Waals surface area contributed by atoms with Crippen LogP contribution in [0.2, 0.25) is 0 Å². The third-order valence-corrected chi connectivity index (χ3v) is 6.88. The highest BCUT2D eigenvalue weighted by molar-refractivity contribution is 7.13. The third kappa shape index (κ3) is 4.13. The Morgan fingerprint density at radius 1 is 1.06 bits per heavy atom. The van der Waals surface area contributed by atoms with E-state index in [4.69, 9.17) is 4.98 Å². The van der Waals surface area contributed by atoms with Gasteiger partial charge < -0.3 is 9.88 Å². The molecule has 0 atom stereocenters. The largest absolute Gasteiger partial charge is 0.351 e. The normalized spacial score (nSPS) is 15.0. The quantitative estimate of drug-likeness (QED) is 0.503. The van der Waals surface area contributed by atoms with Crippen molar-refractivity contribution in [3.05, 3.63) is 76.4 Å². The molecule has 1 aliphatic rings. The highest BCUT2D eigenvalue weighted by atomic mass is 32.1. The number of benzene rings is 2. The first-order valence-electron chi connectivity index (χ1n) is 10.7. The first kappa shape index (κ1) is 20.0. The number of aromatic amines is 1. The van der Waals surface area contributed by atoms with Crippen molar-refractivity contribution in [2.24, 2.45) is 0 Å². The zero-order valence-electron chi connectivity index (χ0n) is 17.9. The maximum absolute atomic E-state index is 13.1. The summed E-state index contributed by atoms with van der Waals surface area (Å²) in [7, 11) is 0. The summed E-state index contributed by atoms with van der Waals surface area (Å²) in [6.45, 7) is 8.21. The number of hydrogen-bond acceptors (Lipinski definition) is 4. The first-order valence-corrected chi connectivity index (χ1v) is 11.6. The number of nitrogens with one attached hydrogen (secondary N) is 1. The molecular weight excluding hydrogens is 404 g/mol.